The number of carbonyl (C=O) groups is 3. The largest absolute Gasteiger partial charge is 0.508 e. The molecule has 4 aromatic carbocycles. The van der Waals surface area contributed by atoms with Gasteiger partial charge >= 0.3 is 5.97 Å². The van der Waals surface area contributed by atoms with Gasteiger partial charge in [0.25, 0.3) is 0 Å². The SMILES string of the molecule is O=C(CC[C@H]1C(=O)N(c2ccccc2)[C@@H]1c1ccc(-c2cccc(O[C@@H]3OC(C(=O)O)[C@@H](O)C(O)C3O)c2)cc1O)c1ccc(F)cc1. The van der Waals surface area contributed by atoms with Gasteiger partial charge in [-0.3, -0.25) is 9.59 Å². The first-order chi connectivity index (χ1) is 23.0. The van der Waals surface area contributed by atoms with E-state index in [-0.39, 0.29) is 36.0 Å². The number of aromatic hydroxyl groups is 1. The molecule has 2 aliphatic heterocycles. The lowest BCUT2D eigenvalue weighted by atomic mass is 9.77. The minimum absolute atomic E-state index is 0.0510. The zero-order valence-electron chi connectivity index (χ0n) is 25.3. The van der Waals surface area contributed by atoms with Crippen LogP contribution in [0.5, 0.6) is 11.5 Å². The van der Waals surface area contributed by atoms with Crippen LogP contribution >= 0.6 is 0 Å². The average molecular weight is 658 g/mol. The molecule has 4 aromatic rings. The van der Waals surface area contributed by atoms with Crippen molar-refractivity contribution in [1.82, 2.24) is 0 Å². The van der Waals surface area contributed by atoms with Crippen molar-refractivity contribution < 1.29 is 53.8 Å². The van der Waals surface area contributed by atoms with Crippen molar-refractivity contribution in [3.8, 4) is 22.6 Å². The number of ketones is 1. The quantitative estimate of drug-likeness (QED) is 0.125. The number of hydrogen-bond acceptors (Lipinski definition) is 9. The van der Waals surface area contributed by atoms with Crippen LogP contribution < -0.4 is 9.64 Å². The monoisotopic (exact) mass is 657 g/mol. The second-order valence-corrected chi connectivity index (χ2v) is 11.7. The predicted octanol–water partition coefficient (Wildman–Crippen LogP) is 3.84. The highest BCUT2D eigenvalue weighted by Gasteiger charge is 2.50. The van der Waals surface area contributed by atoms with Gasteiger partial charge in [0.15, 0.2) is 11.9 Å². The topological polar surface area (TPSA) is 174 Å². The number of phenols is 1. The lowest BCUT2D eigenvalue weighted by molar-refractivity contribution is -0.271. The molecule has 0 bridgehead atoms. The van der Waals surface area contributed by atoms with Gasteiger partial charge in [-0.05, 0) is 72.1 Å². The molecule has 2 saturated heterocycles. The molecule has 5 N–H and O–H groups in total. The standard InChI is InChI=1S/C36H32FNO10/c37-22-12-9-19(10-13-22)27(39)16-15-26-29(38(34(26)44)23-6-2-1-3-7-23)25-14-11-21(18-28(25)40)20-5-4-8-24(17-20)47-36-32(43)30(41)31(42)33(48-36)35(45)46/h1-14,17-18,26,29-33,36,40-43H,15-16H2,(H,45,46)/t26-,29-,30?,31+,32?,33?,36-/m1/s1. The van der Waals surface area contributed by atoms with Crippen LogP contribution in [0.3, 0.4) is 0 Å². The fraction of sp³-hybridized carbons (Fsp3) is 0.250. The Balaban J connectivity index is 1.23. The Hall–Kier alpha value is -5.14. The molecule has 2 aliphatic rings. The minimum atomic E-state index is -1.86. The van der Waals surface area contributed by atoms with Crippen LogP contribution in [0.2, 0.25) is 0 Å². The summed E-state index contributed by atoms with van der Waals surface area (Å²) in [4.78, 5) is 39.3. The molecule has 0 saturated carbocycles. The molecule has 12 heteroatoms. The number of carbonyl (C=O) groups excluding carboxylic acids is 2. The molecule has 1 amide bonds. The van der Waals surface area contributed by atoms with Crippen molar-refractivity contribution in [1.29, 1.82) is 0 Å². The van der Waals surface area contributed by atoms with E-state index < -0.39 is 54.5 Å². The van der Waals surface area contributed by atoms with Gasteiger partial charge in [0.1, 0.15) is 35.6 Å². The van der Waals surface area contributed by atoms with Crippen LogP contribution in [0.4, 0.5) is 10.1 Å². The van der Waals surface area contributed by atoms with Crippen molar-refractivity contribution in [2.45, 2.75) is 49.6 Å². The van der Waals surface area contributed by atoms with Gasteiger partial charge in [-0.15, -0.1) is 0 Å². The summed E-state index contributed by atoms with van der Waals surface area (Å²) < 4.78 is 24.2. The summed E-state index contributed by atoms with van der Waals surface area (Å²) in [6, 6.07) is 25.0. The van der Waals surface area contributed by atoms with Gasteiger partial charge in [-0.25, -0.2) is 9.18 Å². The van der Waals surface area contributed by atoms with Gasteiger partial charge in [0.2, 0.25) is 12.2 Å². The van der Waals surface area contributed by atoms with Crippen LogP contribution in [-0.4, -0.2) is 73.9 Å². The zero-order valence-corrected chi connectivity index (χ0v) is 25.3. The number of aliphatic carboxylic acids is 1. The van der Waals surface area contributed by atoms with Crippen molar-refractivity contribution in [2.75, 3.05) is 4.90 Å². The molecule has 7 atom stereocenters. The van der Waals surface area contributed by atoms with Gasteiger partial charge in [0, 0.05) is 23.2 Å². The number of β-lactam (4-membered cyclic amide) rings is 1. The number of phenolic OH excluding ortho intramolecular Hbond substituents is 1. The first-order valence-corrected chi connectivity index (χ1v) is 15.2. The number of hydrogen-bond donors (Lipinski definition) is 5. The molecular weight excluding hydrogens is 625 g/mol. The maximum absolute atomic E-state index is 13.4. The van der Waals surface area contributed by atoms with Crippen LogP contribution in [0.1, 0.15) is 34.8 Å². The molecule has 0 spiro atoms. The van der Waals surface area contributed by atoms with E-state index in [1.54, 1.807) is 59.5 Å². The Morgan fingerprint density at radius 2 is 1.54 bits per heavy atom. The van der Waals surface area contributed by atoms with E-state index >= 15 is 0 Å². The molecule has 0 aromatic heterocycles. The van der Waals surface area contributed by atoms with E-state index in [9.17, 15) is 44.3 Å². The summed E-state index contributed by atoms with van der Waals surface area (Å²) in [7, 11) is 0. The smallest absolute Gasteiger partial charge is 0.335 e. The predicted molar refractivity (Wildman–Crippen MR) is 169 cm³/mol. The minimum Gasteiger partial charge on any atom is -0.508 e. The summed E-state index contributed by atoms with van der Waals surface area (Å²) in [6.07, 6.45) is -8.57. The summed E-state index contributed by atoms with van der Waals surface area (Å²) in [5, 5.41) is 51.0. The number of ether oxygens (including phenoxy) is 2. The normalized spacial score (nSPS) is 25.3. The van der Waals surface area contributed by atoms with E-state index in [0.29, 0.717) is 27.9 Å². The lowest BCUT2D eigenvalue weighted by Crippen LogP contribution is -2.61. The first kappa shape index (κ1) is 32.8. The van der Waals surface area contributed by atoms with Crippen molar-refractivity contribution in [3.63, 3.8) is 0 Å². The Labute approximate surface area is 274 Å². The van der Waals surface area contributed by atoms with Gasteiger partial charge in [-0.2, -0.15) is 0 Å². The van der Waals surface area contributed by atoms with Gasteiger partial charge in [-0.1, -0.05) is 42.5 Å². The Morgan fingerprint density at radius 1 is 0.833 bits per heavy atom. The zero-order chi connectivity index (χ0) is 34.1. The number of benzene rings is 4. The van der Waals surface area contributed by atoms with E-state index in [1.165, 1.54) is 36.4 Å². The van der Waals surface area contributed by atoms with E-state index in [0.717, 1.165) is 0 Å². The molecular formula is C36H32FNO10. The number of aliphatic hydroxyl groups is 3. The number of carboxylic acids is 1. The molecule has 3 unspecified atom stereocenters. The number of carboxylic acid groups (broad SMARTS) is 1. The first-order valence-electron chi connectivity index (χ1n) is 15.2. The lowest BCUT2D eigenvalue weighted by Gasteiger charge is -2.47. The van der Waals surface area contributed by atoms with Crippen LogP contribution in [0.25, 0.3) is 11.1 Å². The van der Waals surface area contributed by atoms with E-state index in [4.69, 9.17) is 9.47 Å². The number of rotatable bonds is 10. The maximum atomic E-state index is 13.4. The molecule has 48 heavy (non-hydrogen) atoms. The Kier molecular flexibility index (Phi) is 9.24. The number of nitrogens with zero attached hydrogens (tertiary/aromatic N) is 1. The molecule has 6 rings (SSSR count). The van der Waals surface area contributed by atoms with E-state index in [2.05, 4.69) is 0 Å². The van der Waals surface area contributed by atoms with Crippen LogP contribution in [0, 0.1) is 11.7 Å². The van der Waals surface area contributed by atoms with Crippen molar-refractivity contribution >= 4 is 23.3 Å². The fourth-order valence-electron chi connectivity index (χ4n) is 6.13. The van der Waals surface area contributed by atoms with Gasteiger partial charge < -0.3 is 39.9 Å². The molecule has 0 radical (unpaired) electrons. The van der Waals surface area contributed by atoms with E-state index in [1.807, 2.05) is 6.07 Å². The van der Waals surface area contributed by atoms with Crippen LogP contribution in [-0.2, 0) is 14.3 Å². The fourth-order valence-corrected chi connectivity index (χ4v) is 6.13. The Morgan fingerprint density at radius 3 is 2.23 bits per heavy atom. The summed E-state index contributed by atoms with van der Waals surface area (Å²) >= 11 is 0. The number of halogens is 1. The summed E-state index contributed by atoms with van der Waals surface area (Å²) in [6.45, 7) is 0. The van der Waals surface area contributed by atoms with Crippen molar-refractivity contribution in [3.05, 3.63) is 114 Å². The third-order valence-corrected chi connectivity index (χ3v) is 8.68. The van der Waals surface area contributed by atoms with Crippen LogP contribution in [0.15, 0.2) is 97.1 Å². The highest BCUT2D eigenvalue weighted by atomic mass is 19.1. The number of amides is 1. The second-order valence-electron chi connectivity index (χ2n) is 11.7. The molecule has 2 heterocycles. The second kappa shape index (κ2) is 13.5. The van der Waals surface area contributed by atoms with Crippen molar-refractivity contribution in [2.24, 2.45) is 5.92 Å². The molecule has 2 fully saturated rings. The summed E-state index contributed by atoms with van der Waals surface area (Å²) in [5.41, 5.74) is 2.58. The number of para-hydroxylation sites is 1. The Bertz CT molecular complexity index is 1820. The maximum Gasteiger partial charge on any atom is 0.335 e. The summed E-state index contributed by atoms with van der Waals surface area (Å²) in [5.74, 6) is -2.96. The van der Waals surface area contributed by atoms with Gasteiger partial charge in [0.05, 0.1) is 12.0 Å². The highest BCUT2D eigenvalue weighted by molar-refractivity contribution is 6.04. The molecule has 11 nitrogen and oxygen atoms in total. The number of Topliss-reactive ketones (excluding diaryl/α,β-unsaturated/α-hetero) is 1. The molecule has 0 aliphatic carbocycles. The number of anilines is 1. The molecule has 248 valence electrons. The highest BCUT2D eigenvalue weighted by Crippen LogP contribution is 2.48. The average Bonchev–Trinajstić information content (AvgIpc) is 3.08. The third-order valence-electron chi connectivity index (χ3n) is 8.68. The third kappa shape index (κ3) is 6.38. The number of aliphatic hydroxyl groups excluding tert-OH is 3.